The van der Waals surface area contributed by atoms with E-state index in [1.807, 2.05) is 41.3 Å². The summed E-state index contributed by atoms with van der Waals surface area (Å²) in [6.07, 6.45) is 0. The highest BCUT2D eigenvalue weighted by Crippen LogP contribution is 2.25. The molecule has 0 saturated carbocycles. The number of benzene rings is 2. The summed E-state index contributed by atoms with van der Waals surface area (Å²) in [5, 5.41) is 10.9. The minimum Gasteiger partial charge on any atom is -0.360 e. The summed E-state index contributed by atoms with van der Waals surface area (Å²) in [7, 11) is 0. The number of rotatable bonds is 7. The first-order chi connectivity index (χ1) is 16.4. The van der Waals surface area contributed by atoms with E-state index in [1.54, 1.807) is 23.6 Å². The van der Waals surface area contributed by atoms with Crippen molar-refractivity contribution in [3.63, 3.8) is 0 Å². The van der Waals surface area contributed by atoms with E-state index in [0.29, 0.717) is 41.7 Å². The zero-order chi connectivity index (χ0) is 24.1. The smallest absolute Gasteiger partial charge is 0.256 e. The van der Waals surface area contributed by atoms with E-state index in [1.165, 1.54) is 16.9 Å². The first-order valence-electron chi connectivity index (χ1n) is 11.3. The van der Waals surface area contributed by atoms with Crippen molar-refractivity contribution in [3.05, 3.63) is 82.2 Å². The van der Waals surface area contributed by atoms with Crippen LogP contribution in [-0.2, 0) is 11.3 Å². The molecule has 0 spiro atoms. The van der Waals surface area contributed by atoms with Gasteiger partial charge in [0.1, 0.15) is 5.00 Å². The molecule has 1 aliphatic heterocycles. The van der Waals surface area contributed by atoms with Crippen molar-refractivity contribution in [3.8, 4) is 0 Å². The lowest BCUT2D eigenvalue weighted by atomic mass is 10.0. The van der Waals surface area contributed by atoms with Crippen LogP contribution >= 0.6 is 11.3 Å². The zero-order valence-corrected chi connectivity index (χ0v) is 20.1. The molecule has 1 aliphatic rings. The second-order valence-electron chi connectivity index (χ2n) is 8.51. The van der Waals surface area contributed by atoms with E-state index >= 15 is 0 Å². The number of hydrogen-bond donors (Lipinski definition) is 3. The van der Waals surface area contributed by atoms with Crippen LogP contribution in [0.25, 0.3) is 0 Å². The summed E-state index contributed by atoms with van der Waals surface area (Å²) in [5.41, 5.74) is 4.09. The number of carbonyl (C=O) groups excluding carboxylic acids is 3. The van der Waals surface area contributed by atoms with Gasteiger partial charge in [0.2, 0.25) is 5.91 Å². The molecule has 8 heteroatoms. The van der Waals surface area contributed by atoms with E-state index in [4.69, 9.17) is 0 Å². The molecule has 34 heavy (non-hydrogen) atoms. The molecule has 3 amide bonds. The van der Waals surface area contributed by atoms with E-state index < -0.39 is 0 Å². The maximum atomic E-state index is 12.8. The molecule has 2 aromatic carbocycles. The highest BCUT2D eigenvalue weighted by Gasteiger charge is 2.18. The Labute approximate surface area is 203 Å². The fourth-order valence-corrected chi connectivity index (χ4v) is 4.52. The molecule has 0 atom stereocenters. The van der Waals surface area contributed by atoms with Crippen LogP contribution in [0.3, 0.4) is 0 Å². The first kappa shape index (κ1) is 23.5. The summed E-state index contributed by atoms with van der Waals surface area (Å²) >= 11 is 1.32. The van der Waals surface area contributed by atoms with Gasteiger partial charge in [0, 0.05) is 30.9 Å². The largest absolute Gasteiger partial charge is 0.360 e. The highest BCUT2D eigenvalue weighted by atomic mass is 32.1. The van der Waals surface area contributed by atoms with E-state index in [0.717, 1.165) is 17.8 Å². The maximum absolute atomic E-state index is 12.8. The second kappa shape index (κ2) is 10.5. The fourth-order valence-electron chi connectivity index (χ4n) is 3.74. The molecule has 3 N–H and O–H groups in total. The Morgan fingerprint density at radius 3 is 2.44 bits per heavy atom. The molecule has 0 aliphatic carbocycles. The Hall–Kier alpha value is -3.65. The predicted octanol–water partition coefficient (Wildman–Crippen LogP) is 3.99. The third-order valence-corrected chi connectivity index (χ3v) is 6.60. The van der Waals surface area contributed by atoms with Crippen molar-refractivity contribution < 1.29 is 14.4 Å². The lowest BCUT2D eigenvalue weighted by molar-refractivity contribution is -0.120. The van der Waals surface area contributed by atoms with Gasteiger partial charge in [-0.2, -0.15) is 0 Å². The monoisotopic (exact) mass is 476 g/mol. The summed E-state index contributed by atoms with van der Waals surface area (Å²) in [4.78, 5) is 39.1. The summed E-state index contributed by atoms with van der Waals surface area (Å²) in [6.45, 7) is 6.34. The van der Waals surface area contributed by atoms with Crippen molar-refractivity contribution in [1.82, 2.24) is 10.6 Å². The van der Waals surface area contributed by atoms with Gasteiger partial charge in [-0.3, -0.25) is 14.4 Å². The number of thiophene rings is 1. The Bertz CT molecular complexity index is 1170. The van der Waals surface area contributed by atoms with E-state index in [2.05, 4.69) is 29.8 Å². The molecule has 3 aromatic rings. The predicted molar refractivity (Wildman–Crippen MR) is 136 cm³/mol. The third-order valence-electron chi connectivity index (χ3n) is 5.77. The van der Waals surface area contributed by atoms with Crippen molar-refractivity contribution in [2.45, 2.75) is 26.3 Å². The lowest BCUT2D eigenvalue weighted by Gasteiger charge is -2.28. The van der Waals surface area contributed by atoms with Gasteiger partial charge in [-0.15, -0.1) is 11.3 Å². The van der Waals surface area contributed by atoms with Crippen LogP contribution < -0.4 is 20.9 Å². The number of amides is 3. The molecule has 0 unspecified atom stereocenters. The van der Waals surface area contributed by atoms with Crippen LogP contribution in [0.1, 0.15) is 51.6 Å². The number of nitrogens with zero attached hydrogens (tertiary/aromatic N) is 1. The molecule has 1 saturated heterocycles. The van der Waals surface area contributed by atoms with Crippen LogP contribution in [0.15, 0.2) is 60.0 Å². The summed E-state index contributed by atoms with van der Waals surface area (Å²) in [6, 6.07) is 17.0. The Balaban J connectivity index is 1.34. The maximum Gasteiger partial charge on any atom is 0.256 e. The Kier molecular flexibility index (Phi) is 7.27. The molecular formula is C26H28N4O3S. The van der Waals surface area contributed by atoms with Gasteiger partial charge in [0.05, 0.1) is 12.1 Å². The molecule has 4 rings (SSSR count). The van der Waals surface area contributed by atoms with Crippen LogP contribution in [0.4, 0.5) is 10.7 Å². The average molecular weight is 477 g/mol. The zero-order valence-electron chi connectivity index (χ0n) is 19.3. The first-order valence-corrected chi connectivity index (χ1v) is 12.2. The molecule has 1 fully saturated rings. The molecule has 1 aromatic heterocycles. The van der Waals surface area contributed by atoms with Crippen LogP contribution in [0.2, 0.25) is 0 Å². The van der Waals surface area contributed by atoms with Crippen LogP contribution in [0, 0.1) is 0 Å². The van der Waals surface area contributed by atoms with Crippen molar-refractivity contribution in [1.29, 1.82) is 0 Å². The number of anilines is 2. The van der Waals surface area contributed by atoms with E-state index in [-0.39, 0.29) is 17.7 Å². The van der Waals surface area contributed by atoms with Crippen molar-refractivity contribution in [2.75, 3.05) is 29.9 Å². The quantitative estimate of drug-likeness (QED) is 0.481. The fraction of sp³-hybridized carbons (Fsp3) is 0.269. The van der Waals surface area contributed by atoms with Gasteiger partial charge >= 0.3 is 0 Å². The molecule has 7 nitrogen and oxygen atoms in total. The highest BCUT2D eigenvalue weighted by molar-refractivity contribution is 7.14. The molecule has 0 bridgehead atoms. The number of carbonyl (C=O) groups is 3. The Morgan fingerprint density at radius 2 is 1.76 bits per heavy atom. The van der Waals surface area contributed by atoms with Crippen LogP contribution in [-0.4, -0.2) is 37.4 Å². The standard InChI is InChI=1S/C26H28N4O3S/c1-17(2)19-5-7-20(8-6-19)24(32)29-26-22(11-14-34-26)25(33)28-15-18-3-9-21(10-4-18)30-13-12-27-23(31)16-30/h3-11,14,17H,12-13,15-16H2,1-2H3,(H,27,31)(H,28,33)(H,29,32). The topological polar surface area (TPSA) is 90.5 Å². The minimum absolute atomic E-state index is 0.0221. The number of piperazine rings is 1. The van der Waals surface area contributed by atoms with Crippen LogP contribution in [0.5, 0.6) is 0 Å². The summed E-state index contributed by atoms with van der Waals surface area (Å²) in [5.74, 6) is -0.0710. The van der Waals surface area contributed by atoms with Gasteiger partial charge in [-0.05, 0) is 52.8 Å². The molecule has 176 valence electrons. The van der Waals surface area contributed by atoms with Gasteiger partial charge in [-0.25, -0.2) is 0 Å². The minimum atomic E-state index is -0.247. The molecule has 2 heterocycles. The van der Waals surface area contributed by atoms with Gasteiger partial charge < -0.3 is 20.9 Å². The Morgan fingerprint density at radius 1 is 1.03 bits per heavy atom. The number of nitrogens with one attached hydrogen (secondary N) is 3. The van der Waals surface area contributed by atoms with Crippen molar-refractivity contribution in [2.24, 2.45) is 0 Å². The SMILES string of the molecule is CC(C)c1ccc(C(=O)Nc2sccc2C(=O)NCc2ccc(N3CCNC(=O)C3)cc2)cc1. The van der Waals surface area contributed by atoms with Gasteiger partial charge in [-0.1, -0.05) is 38.1 Å². The van der Waals surface area contributed by atoms with Gasteiger partial charge in [0.25, 0.3) is 11.8 Å². The summed E-state index contributed by atoms with van der Waals surface area (Å²) < 4.78 is 0. The molecule has 0 radical (unpaired) electrons. The lowest BCUT2D eigenvalue weighted by Crippen LogP contribution is -2.47. The van der Waals surface area contributed by atoms with Crippen molar-refractivity contribution >= 4 is 39.7 Å². The second-order valence-corrected chi connectivity index (χ2v) is 9.43. The average Bonchev–Trinajstić information content (AvgIpc) is 3.31. The van der Waals surface area contributed by atoms with E-state index in [9.17, 15) is 14.4 Å². The number of hydrogen-bond acceptors (Lipinski definition) is 5. The van der Waals surface area contributed by atoms with Gasteiger partial charge in [0.15, 0.2) is 0 Å². The third kappa shape index (κ3) is 5.63. The molecular weight excluding hydrogens is 448 g/mol. The normalized spacial score (nSPS) is 13.5.